The molecule has 41 nitrogen and oxygen atoms in total. The summed E-state index contributed by atoms with van der Waals surface area (Å²) in [5.74, 6) is -0.581. The van der Waals surface area contributed by atoms with E-state index in [0.717, 1.165) is 70.6 Å². The number of carbonyl (C=O) groups is 1. The third-order valence-electron chi connectivity index (χ3n) is 23.4. The van der Waals surface area contributed by atoms with Crippen molar-refractivity contribution in [1.82, 2.24) is 0 Å². The van der Waals surface area contributed by atoms with Crippen LogP contribution in [0.3, 0.4) is 0 Å². The third kappa shape index (κ3) is 30.7. The lowest BCUT2D eigenvalue weighted by Gasteiger charge is -2.49. The number of carbonyl (C=O) groups excluding carboxylic acids is 1. The summed E-state index contributed by atoms with van der Waals surface area (Å²) in [5, 5.41) is 243. The van der Waals surface area contributed by atoms with E-state index in [1.807, 2.05) is 0 Å². The maximum atomic E-state index is 14.5. The molecule has 706 valence electrons. The second-order valence-corrected chi connectivity index (χ2v) is 34.1. The molecule has 7 aliphatic rings. The highest BCUT2D eigenvalue weighted by Crippen LogP contribution is 2.49. The molecule has 6 saturated heterocycles. The molecule has 1 aliphatic carbocycles. The number of esters is 1. The van der Waals surface area contributed by atoms with Gasteiger partial charge in [-0.25, -0.2) is 4.57 Å². The predicted molar refractivity (Wildman–Crippen MR) is 411 cm³/mol. The fourth-order valence-electron chi connectivity index (χ4n) is 15.7. The highest BCUT2D eigenvalue weighted by Gasteiger charge is 2.60. The molecule has 7 rings (SSSR count). The molecule has 0 radical (unpaired) electrons. The van der Waals surface area contributed by atoms with Gasteiger partial charge in [-0.05, 0) is 19.3 Å². The van der Waals surface area contributed by atoms with E-state index in [9.17, 15) is 127 Å². The maximum absolute atomic E-state index is 14.5. The zero-order chi connectivity index (χ0) is 87.9. The van der Waals surface area contributed by atoms with Gasteiger partial charge in [-0.2, -0.15) is 0 Å². The molecule has 42 heteroatoms. The number of phosphoric acid groups is 1. The molecular formula is C78H143O41P. The SMILES string of the molecule is CCCCCCCCCCCCCCCCO[C@H](COC(=O)CCCCCCCCCCCCCCC)COP(=O)(O)O[C@@H]1C(O[C@@H]2OC(CO)[C@H](O)[C@H](O)C2O)C(O)[C@H](O)[C@H](O)C1O[C@H]1OC(CO[C@H]2OC(CO[C@H]3OC(CO)[C@@H](O)C(O)[C@H]3O[C@H]3OC(CO)[C@@H](O)C(O)[C@H]3O[C@H]3OC(CC)[C@@H](O)C(O)[C@H]3O)[C@@H](O)C(O)[C@H]2O)[C@@H](O)C(O)[C@H]1O. The molecule has 23 N–H and O–H groups in total. The maximum Gasteiger partial charge on any atom is 0.472 e. The molecule has 120 heavy (non-hydrogen) atoms. The molecular weight excluding hydrogens is 1620 g/mol. The number of phosphoric ester groups is 1. The zero-order valence-electron chi connectivity index (χ0n) is 69.1. The molecule has 0 amide bonds. The predicted octanol–water partition coefficient (Wildman–Crippen LogP) is -3.44. The van der Waals surface area contributed by atoms with Crippen molar-refractivity contribution in [2.75, 3.05) is 52.9 Å². The number of ether oxygens (including phenoxy) is 14. The minimum atomic E-state index is -5.76. The number of unbranched alkanes of at least 4 members (excludes halogenated alkanes) is 25. The third-order valence-corrected chi connectivity index (χ3v) is 24.4. The van der Waals surface area contributed by atoms with Crippen molar-refractivity contribution in [2.45, 2.75) is 434 Å². The average Bonchev–Trinajstić information content (AvgIpc) is 0.772. The van der Waals surface area contributed by atoms with Crippen LogP contribution >= 0.6 is 7.82 Å². The van der Waals surface area contributed by atoms with E-state index in [1.54, 1.807) is 6.92 Å². The standard InChI is InChI=1S/C78H143O41P/c1-4-7-9-11-13-15-17-19-21-23-25-27-29-31-33-104-41(37-105-48(82)32-30-28-26-24-22-20-18-16-14-12-10-8-5-2)38-108-120(102,103)119-72-68(115-75-66(100)56(90)50(84)43(34-79)110-75)62(96)59(93)63(97)69(72)116-76-67(101)58(92)54(88)47(114-76)39-106-73-64(98)57(91)53(87)46(113-73)40-107-77-70(60(94)51(85)44(35-80)111-77)118-78-71(61(95)52(86)45(36-81)112-78)117-74-65(99)55(89)49(83)42(6-3)109-74/h41-47,49-81,83-101H,4-40H2,1-3H3,(H,102,103)/t41-,42?,43?,44?,45?,46?,47?,49-,50+,51-,52-,53-,54-,55?,56+,57?,58?,59+,60?,61?,62?,63+,64-,65-,66?,67-,68?,69?,70-,71-,72-,73+,74-,75+,76-,77+,78-/m1/s1. The van der Waals surface area contributed by atoms with Crippen LogP contribution in [0.4, 0.5) is 0 Å². The molecule has 7 fully saturated rings. The Labute approximate surface area is 700 Å². The van der Waals surface area contributed by atoms with Crippen LogP contribution in [0.25, 0.3) is 0 Å². The summed E-state index contributed by atoms with van der Waals surface area (Å²) >= 11 is 0. The van der Waals surface area contributed by atoms with E-state index in [1.165, 1.54) is 89.9 Å². The summed E-state index contributed by atoms with van der Waals surface area (Å²) in [5.41, 5.74) is 0. The van der Waals surface area contributed by atoms with Crippen molar-refractivity contribution in [3.63, 3.8) is 0 Å². The fourth-order valence-corrected chi connectivity index (χ4v) is 16.7. The largest absolute Gasteiger partial charge is 0.472 e. The van der Waals surface area contributed by atoms with Gasteiger partial charge in [0.25, 0.3) is 0 Å². The van der Waals surface area contributed by atoms with Gasteiger partial charge in [0.2, 0.25) is 0 Å². The number of aliphatic hydroxyl groups is 22. The van der Waals surface area contributed by atoms with Crippen LogP contribution in [0.15, 0.2) is 0 Å². The van der Waals surface area contributed by atoms with Crippen molar-refractivity contribution < 1.29 is 202 Å². The Balaban J connectivity index is 1.04. The lowest BCUT2D eigenvalue weighted by Crippen LogP contribution is -2.69. The van der Waals surface area contributed by atoms with Crippen LogP contribution in [-0.4, -0.2) is 403 Å². The molecule has 1 saturated carbocycles. The smallest absolute Gasteiger partial charge is 0.463 e. The van der Waals surface area contributed by atoms with Crippen molar-refractivity contribution in [3.8, 4) is 0 Å². The van der Waals surface area contributed by atoms with Crippen LogP contribution < -0.4 is 0 Å². The molecule has 16 unspecified atom stereocenters. The first kappa shape index (κ1) is 105. The quantitative estimate of drug-likeness (QED) is 0.0160. The van der Waals surface area contributed by atoms with Crippen molar-refractivity contribution in [2.24, 2.45) is 0 Å². The van der Waals surface area contributed by atoms with Gasteiger partial charge in [0.05, 0.1) is 45.7 Å². The van der Waals surface area contributed by atoms with Crippen LogP contribution in [0.5, 0.6) is 0 Å². The lowest BCUT2D eigenvalue weighted by molar-refractivity contribution is -0.395. The normalized spacial score (nSPS) is 40.4. The van der Waals surface area contributed by atoms with Crippen LogP contribution in [0, 0.1) is 0 Å². The lowest BCUT2D eigenvalue weighted by atomic mass is 9.84. The molecule has 0 spiro atoms. The van der Waals surface area contributed by atoms with Crippen molar-refractivity contribution >= 4 is 13.8 Å². The van der Waals surface area contributed by atoms with Gasteiger partial charge in [-0.15, -0.1) is 0 Å². The molecule has 0 aromatic rings. The van der Waals surface area contributed by atoms with Gasteiger partial charge in [0.1, 0.15) is 190 Å². The molecule has 0 aromatic heterocycles. The van der Waals surface area contributed by atoms with Gasteiger partial charge in [0.15, 0.2) is 37.7 Å². The Kier molecular flexibility index (Phi) is 47.3. The van der Waals surface area contributed by atoms with Crippen molar-refractivity contribution in [3.05, 3.63) is 0 Å². The Morgan fingerprint density at radius 3 is 1.04 bits per heavy atom. The summed E-state index contributed by atoms with van der Waals surface area (Å²) in [7, 11) is -5.76. The Morgan fingerprint density at radius 1 is 0.317 bits per heavy atom. The Morgan fingerprint density at radius 2 is 0.617 bits per heavy atom. The highest BCUT2D eigenvalue weighted by atomic mass is 31.2. The van der Waals surface area contributed by atoms with Crippen LogP contribution in [0.1, 0.15) is 207 Å². The van der Waals surface area contributed by atoms with E-state index in [0.29, 0.717) is 12.8 Å². The first-order chi connectivity index (χ1) is 57.4. The summed E-state index contributed by atoms with van der Waals surface area (Å²) < 4.78 is 107. The van der Waals surface area contributed by atoms with Gasteiger partial charge < -0.3 is 184 Å². The Hall–Kier alpha value is -1.82. The van der Waals surface area contributed by atoms with E-state index in [4.69, 9.17) is 75.4 Å². The molecule has 0 aromatic carbocycles. The number of hydrogen-bond donors (Lipinski definition) is 23. The van der Waals surface area contributed by atoms with Gasteiger partial charge in [-0.1, -0.05) is 181 Å². The minimum Gasteiger partial charge on any atom is -0.463 e. The second-order valence-electron chi connectivity index (χ2n) is 32.7. The summed E-state index contributed by atoms with van der Waals surface area (Å²) in [4.78, 5) is 25.0. The molecule has 6 aliphatic heterocycles. The second kappa shape index (κ2) is 54.0. The number of rotatable bonds is 55. The first-order valence-electron chi connectivity index (χ1n) is 43.4. The molecule has 0 bridgehead atoms. The number of aliphatic hydroxyl groups excluding tert-OH is 22. The van der Waals surface area contributed by atoms with Crippen molar-refractivity contribution in [1.29, 1.82) is 0 Å². The zero-order valence-corrected chi connectivity index (χ0v) is 70.0. The highest BCUT2D eigenvalue weighted by molar-refractivity contribution is 7.47. The summed E-state index contributed by atoms with van der Waals surface area (Å²) in [6.07, 6.45) is -47.1. The van der Waals surface area contributed by atoms with E-state index >= 15 is 0 Å². The molecule has 6 heterocycles. The van der Waals surface area contributed by atoms with E-state index < -0.39 is 287 Å². The minimum absolute atomic E-state index is 0.0601. The summed E-state index contributed by atoms with van der Waals surface area (Å²) in [6.45, 7) is -0.332. The number of hydrogen-bond acceptors (Lipinski definition) is 40. The van der Waals surface area contributed by atoms with E-state index in [-0.39, 0.29) is 19.4 Å². The van der Waals surface area contributed by atoms with Crippen LogP contribution in [0.2, 0.25) is 0 Å². The van der Waals surface area contributed by atoms with E-state index in [2.05, 4.69) is 13.8 Å². The van der Waals surface area contributed by atoms with Gasteiger partial charge >= 0.3 is 13.8 Å². The average molecular weight is 1770 g/mol. The Bertz CT molecular complexity index is 2800. The first-order valence-corrected chi connectivity index (χ1v) is 44.8. The van der Waals surface area contributed by atoms with Gasteiger partial charge in [-0.3, -0.25) is 13.8 Å². The fraction of sp³-hybridized carbons (Fsp3) is 0.987. The topological polar surface area (TPSA) is 647 Å². The van der Waals surface area contributed by atoms with Crippen LogP contribution in [-0.2, 0) is 84.7 Å². The summed E-state index contributed by atoms with van der Waals surface area (Å²) in [6, 6.07) is 0. The monoisotopic (exact) mass is 1770 g/mol. The molecule has 38 atom stereocenters. The van der Waals surface area contributed by atoms with Gasteiger partial charge in [0, 0.05) is 13.0 Å².